The van der Waals surface area contributed by atoms with Crippen molar-refractivity contribution in [3.63, 3.8) is 0 Å². The standard InChI is InChI=1S/C8H10ClN.ClH/c1-2-8-5-7(6-9)3-4-10-8;/h3-5H,2,6H2,1H3;1H. The zero-order valence-electron chi connectivity index (χ0n) is 6.38. The van der Waals surface area contributed by atoms with Gasteiger partial charge in [0.25, 0.3) is 0 Å². The minimum Gasteiger partial charge on any atom is -0.261 e. The molecule has 1 nitrogen and oxygen atoms in total. The Morgan fingerprint density at radius 1 is 1.55 bits per heavy atom. The van der Waals surface area contributed by atoms with Gasteiger partial charge < -0.3 is 0 Å². The van der Waals surface area contributed by atoms with E-state index in [0.717, 1.165) is 17.7 Å². The van der Waals surface area contributed by atoms with E-state index in [1.807, 2.05) is 12.1 Å². The highest BCUT2D eigenvalue weighted by Crippen LogP contribution is 2.04. The first-order valence-electron chi connectivity index (χ1n) is 3.36. The highest BCUT2D eigenvalue weighted by Gasteiger charge is 1.91. The first-order chi connectivity index (χ1) is 4.86. The van der Waals surface area contributed by atoms with Crippen LogP contribution in [-0.4, -0.2) is 4.98 Å². The van der Waals surface area contributed by atoms with E-state index in [0.29, 0.717) is 5.88 Å². The molecule has 0 amide bonds. The topological polar surface area (TPSA) is 12.9 Å². The Bertz CT molecular complexity index is 194. The Kier molecular flexibility index (Phi) is 5.26. The lowest BCUT2D eigenvalue weighted by Crippen LogP contribution is -1.87. The molecule has 0 saturated heterocycles. The van der Waals surface area contributed by atoms with Gasteiger partial charge in [0.1, 0.15) is 0 Å². The van der Waals surface area contributed by atoms with Crippen LogP contribution in [0, 0.1) is 0 Å². The summed E-state index contributed by atoms with van der Waals surface area (Å²) < 4.78 is 0. The number of rotatable bonds is 2. The SMILES string of the molecule is CCc1cc(CCl)ccn1.Cl. The number of alkyl halides is 1. The van der Waals surface area contributed by atoms with Crippen LogP contribution in [0.1, 0.15) is 18.2 Å². The van der Waals surface area contributed by atoms with Gasteiger partial charge in [-0.1, -0.05) is 6.92 Å². The van der Waals surface area contributed by atoms with E-state index >= 15 is 0 Å². The number of aryl methyl sites for hydroxylation is 1. The van der Waals surface area contributed by atoms with Crippen LogP contribution >= 0.6 is 24.0 Å². The Balaban J connectivity index is 0.000001000. The summed E-state index contributed by atoms with van der Waals surface area (Å²) >= 11 is 5.63. The predicted octanol–water partition coefficient (Wildman–Crippen LogP) is 2.80. The first kappa shape index (κ1) is 10.7. The number of aromatic nitrogens is 1. The molecule has 0 bridgehead atoms. The minimum absolute atomic E-state index is 0. The van der Waals surface area contributed by atoms with Crippen LogP contribution < -0.4 is 0 Å². The molecule has 1 aromatic rings. The average Bonchev–Trinajstić information content (AvgIpc) is 2.05. The van der Waals surface area contributed by atoms with E-state index in [1.165, 1.54) is 0 Å². The van der Waals surface area contributed by atoms with E-state index in [1.54, 1.807) is 6.20 Å². The second kappa shape index (κ2) is 5.39. The second-order valence-corrected chi connectivity index (χ2v) is 2.41. The molecule has 0 atom stereocenters. The van der Waals surface area contributed by atoms with Crippen molar-refractivity contribution in [1.29, 1.82) is 0 Å². The Morgan fingerprint density at radius 2 is 2.27 bits per heavy atom. The number of hydrogen-bond donors (Lipinski definition) is 0. The monoisotopic (exact) mass is 191 g/mol. The van der Waals surface area contributed by atoms with Crippen molar-refractivity contribution < 1.29 is 0 Å². The van der Waals surface area contributed by atoms with Gasteiger partial charge in [0.05, 0.1) is 0 Å². The third-order valence-corrected chi connectivity index (χ3v) is 1.71. The van der Waals surface area contributed by atoms with Gasteiger partial charge in [-0.15, -0.1) is 24.0 Å². The van der Waals surface area contributed by atoms with Crippen LogP contribution in [0.25, 0.3) is 0 Å². The molecule has 0 saturated carbocycles. The summed E-state index contributed by atoms with van der Waals surface area (Å²) in [5.41, 5.74) is 2.26. The second-order valence-electron chi connectivity index (χ2n) is 2.14. The summed E-state index contributed by atoms with van der Waals surface area (Å²) in [4.78, 5) is 4.15. The molecular formula is C8H11Cl2N. The highest BCUT2D eigenvalue weighted by molar-refractivity contribution is 6.17. The highest BCUT2D eigenvalue weighted by atomic mass is 35.5. The molecule has 0 unspecified atom stereocenters. The Hall–Kier alpha value is -0.270. The van der Waals surface area contributed by atoms with Gasteiger partial charge in [-0.2, -0.15) is 0 Å². The average molecular weight is 192 g/mol. The molecule has 0 aliphatic heterocycles. The lowest BCUT2D eigenvalue weighted by molar-refractivity contribution is 1.02. The number of nitrogens with zero attached hydrogens (tertiary/aromatic N) is 1. The van der Waals surface area contributed by atoms with Crippen molar-refractivity contribution in [2.45, 2.75) is 19.2 Å². The molecule has 0 aliphatic carbocycles. The zero-order valence-corrected chi connectivity index (χ0v) is 7.95. The fraction of sp³-hybridized carbons (Fsp3) is 0.375. The molecule has 1 aromatic heterocycles. The van der Waals surface area contributed by atoms with Gasteiger partial charge in [-0.05, 0) is 24.1 Å². The van der Waals surface area contributed by atoms with Crippen molar-refractivity contribution in [1.82, 2.24) is 4.98 Å². The van der Waals surface area contributed by atoms with Crippen LogP contribution in [0.5, 0.6) is 0 Å². The lowest BCUT2D eigenvalue weighted by atomic mass is 10.2. The first-order valence-corrected chi connectivity index (χ1v) is 3.90. The van der Waals surface area contributed by atoms with E-state index in [2.05, 4.69) is 11.9 Å². The molecule has 1 rings (SSSR count). The summed E-state index contributed by atoms with van der Waals surface area (Å²) in [7, 11) is 0. The fourth-order valence-electron chi connectivity index (χ4n) is 0.805. The van der Waals surface area contributed by atoms with Crippen LogP contribution in [0.2, 0.25) is 0 Å². The lowest BCUT2D eigenvalue weighted by Gasteiger charge is -1.96. The molecule has 62 valence electrons. The maximum atomic E-state index is 5.63. The van der Waals surface area contributed by atoms with Crippen molar-refractivity contribution in [3.8, 4) is 0 Å². The summed E-state index contributed by atoms with van der Waals surface area (Å²) in [6.07, 6.45) is 2.78. The number of hydrogen-bond acceptors (Lipinski definition) is 1. The molecule has 0 aromatic carbocycles. The molecule has 1 heterocycles. The van der Waals surface area contributed by atoms with Crippen LogP contribution in [0.3, 0.4) is 0 Å². The molecular weight excluding hydrogens is 181 g/mol. The smallest absolute Gasteiger partial charge is 0.0475 e. The molecule has 0 N–H and O–H groups in total. The molecule has 3 heteroatoms. The van der Waals surface area contributed by atoms with Gasteiger partial charge in [0.2, 0.25) is 0 Å². The molecule has 0 fully saturated rings. The van der Waals surface area contributed by atoms with E-state index < -0.39 is 0 Å². The summed E-state index contributed by atoms with van der Waals surface area (Å²) in [6, 6.07) is 3.97. The van der Waals surface area contributed by atoms with Gasteiger partial charge in [-0.3, -0.25) is 4.98 Å². The molecule has 0 radical (unpaired) electrons. The van der Waals surface area contributed by atoms with Gasteiger partial charge in [0.15, 0.2) is 0 Å². The number of pyridine rings is 1. The van der Waals surface area contributed by atoms with Crippen molar-refractivity contribution in [3.05, 3.63) is 29.6 Å². The predicted molar refractivity (Wildman–Crippen MR) is 50.4 cm³/mol. The van der Waals surface area contributed by atoms with Crippen LogP contribution in [0.4, 0.5) is 0 Å². The van der Waals surface area contributed by atoms with Crippen molar-refractivity contribution in [2.75, 3.05) is 0 Å². The van der Waals surface area contributed by atoms with Crippen molar-refractivity contribution >= 4 is 24.0 Å². The van der Waals surface area contributed by atoms with E-state index in [-0.39, 0.29) is 12.4 Å². The largest absolute Gasteiger partial charge is 0.261 e. The molecule has 0 aliphatic rings. The van der Waals surface area contributed by atoms with Crippen molar-refractivity contribution in [2.24, 2.45) is 0 Å². The number of halogens is 2. The van der Waals surface area contributed by atoms with Gasteiger partial charge >= 0.3 is 0 Å². The maximum absolute atomic E-state index is 5.63. The van der Waals surface area contributed by atoms with Gasteiger partial charge in [-0.25, -0.2) is 0 Å². The van der Waals surface area contributed by atoms with E-state index in [4.69, 9.17) is 11.6 Å². The van der Waals surface area contributed by atoms with Gasteiger partial charge in [0, 0.05) is 17.8 Å². The molecule has 0 spiro atoms. The summed E-state index contributed by atoms with van der Waals surface area (Å²) in [6.45, 7) is 2.08. The zero-order chi connectivity index (χ0) is 7.40. The Labute approximate surface area is 78.2 Å². The summed E-state index contributed by atoms with van der Waals surface area (Å²) in [5.74, 6) is 0.579. The van der Waals surface area contributed by atoms with Crippen LogP contribution in [0.15, 0.2) is 18.3 Å². The normalized spacial score (nSPS) is 8.91. The summed E-state index contributed by atoms with van der Waals surface area (Å²) in [5, 5.41) is 0. The van der Waals surface area contributed by atoms with E-state index in [9.17, 15) is 0 Å². The third kappa shape index (κ3) is 3.08. The Morgan fingerprint density at radius 3 is 2.82 bits per heavy atom. The quantitative estimate of drug-likeness (QED) is 0.656. The fourth-order valence-corrected chi connectivity index (χ4v) is 0.971. The molecule has 11 heavy (non-hydrogen) atoms. The van der Waals surface area contributed by atoms with Crippen LogP contribution in [-0.2, 0) is 12.3 Å². The minimum atomic E-state index is 0. The maximum Gasteiger partial charge on any atom is 0.0475 e. The third-order valence-electron chi connectivity index (χ3n) is 1.40.